The number of primary amides is 1. The van der Waals surface area contributed by atoms with Gasteiger partial charge in [0.05, 0.1) is 12.1 Å². The smallest absolute Gasteiger partial charge is 0.264 e. The van der Waals surface area contributed by atoms with Crippen molar-refractivity contribution in [2.75, 3.05) is 11.9 Å². The van der Waals surface area contributed by atoms with Gasteiger partial charge in [-0.15, -0.1) is 11.3 Å². The number of hydrogen-bond donors (Lipinski definition) is 2. The van der Waals surface area contributed by atoms with Gasteiger partial charge in [-0.3, -0.25) is 14.9 Å². The predicted molar refractivity (Wildman–Crippen MR) is 94.3 cm³/mol. The zero-order chi connectivity index (χ0) is 17.5. The Hall–Kier alpha value is -2.41. The van der Waals surface area contributed by atoms with Crippen molar-refractivity contribution < 1.29 is 14.3 Å². The highest BCUT2D eigenvalue weighted by atomic mass is 32.1. The molecule has 0 bridgehead atoms. The molecular formula is C17H21N3O3S. The third kappa shape index (κ3) is 5.06. The first kappa shape index (κ1) is 17.9. The van der Waals surface area contributed by atoms with Gasteiger partial charge in [0.15, 0.2) is 11.7 Å². The molecule has 1 aromatic heterocycles. The summed E-state index contributed by atoms with van der Waals surface area (Å²) in [5.41, 5.74) is 6.75. The SMILES string of the molecule is CC[C@H](C)c1ccccc1OCC(=O)Nc1nc(CC(N)=O)cs1. The molecule has 1 aromatic carbocycles. The van der Waals surface area contributed by atoms with E-state index < -0.39 is 5.91 Å². The van der Waals surface area contributed by atoms with E-state index >= 15 is 0 Å². The largest absolute Gasteiger partial charge is 0.483 e. The molecule has 2 aromatic rings. The van der Waals surface area contributed by atoms with E-state index in [2.05, 4.69) is 24.1 Å². The van der Waals surface area contributed by atoms with E-state index in [1.165, 1.54) is 11.3 Å². The number of carbonyl (C=O) groups is 2. The van der Waals surface area contributed by atoms with E-state index in [0.29, 0.717) is 16.7 Å². The third-order valence-corrected chi connectivity index (χ3v) is 4.38. The van der Waals surface area contributed by atoms with Crippen LogP contribution in [-0.4, -0.2) is 23.4 Å². The standard InChI is InChI=1S/C17H21N3O3S/c1-3-11(2)13-6-4-5-7-14(13)23-9-16(22)20-17-19-12(10-24-17)8-15(18)21/h4-7,10-11H,3,8-9H2,1-2H3,(H2,18,21)(H,19,20,22)/t11-/m0/s1. The Morgan fingerprint density at radius 2 is 2.12 bits per heavy atom. The van der Waals surface area contributed by atoms with Gasteiger partial charge in [0.2, 0.25) is 5.91 Å². The molecule has 1 heterocycles. The fourth-order valence-electron chi connectivity index (χ4n) is 2.16. The van der Waals surface area contributed by atoms with Crippen LogP contribution in [0.2, 0.25) is 0 Å². The van der Waals surface area contributed by atoms with E-state index in [1.807, 2.05) is 24.3 Å². The maximum atomic E-state index is 12.0. The number of amides is 2. The lowest BCUT2D eigenvalue weighted by Gasteiger charge is -2.15. The summed E-state index contributed by atoms with van der Waals surface area (Å²) in [6.07, 6.45) is 1.06. The molecule has 7 heteroatoms. The van der Waals surface area contributed by atoms with Gasteiger partial charge < -0.3 is 10.5 Å². The van der Waals surface area contributed by atoms with E-state index in [4.69, 9.17) is 10.5 Å². The molecule has 0 aliphatic carbocycles. The van der Waals surface area contributed by atoms with Crippen molar-refractivity contribution in [3.8, 4) is 5.75 Å². The Bertz CT molecular complexity index is 715. The Labute approximate surface area is 145 Å². The average molecular weight is 347 g/mol. The maximum absolute atomic E-state index is 12.0. The minimum absolute atomic E-state index is 0.0607. The van der Waals surface area contributed by atoms with Gasteiger partial charge in [-0.05, 0) is 24.0 Å². The van der Waals surface area contributed by atoms with Gasteiger partial charge in [-0.1, -0.05) is 32.0 Å². The van der Waals surface area contributed by atoms with Crippen molar-refractivity contribution in [1.82, 2.24) is 4.98 Å². The Kier molecular flexibility index (Phi) is 6.31. The summed E-state index contributed by atoms with van der Waals surface area (Å²) in [5.74, 6) is 0.326. The first-order chi connectivity index (χ1) is 11.5. The molecule has 128 valence electrons. The van der Waals surface area contributed by atoms with E-state index in [9.17, 15) is 9.59 Å². The summed E-state index contributed by atoms with van der Waals surface area (Å²) < 4.78 is 5.66. The van der Waals surface area contributed by atoms with Crippen molar-refractivity contribution in [3.05, 3.63) is 40.9 Å². The molecule has 6 nitrogen and oxygen atoms in total. The quantitative estimate of drug-likeness (QED) is 0.767. The highest BCUT2D eigenvalue weighted by molar-refractivity contribution is 7.13. The summed E-state index contributed by atoms with van der Waals surface area (Å²) in [6, 6.07) is 7.72. The Morgan fingerprint density at radius 1 is 1.38 bits per heavy atom. The van der Waals surface area contributed by atoms with Crippen molar-refractivity contribution >= 4 is 28.3 Å². The first-order valence-electron chi connectivity index (χ1n) is 7.73. The summed E-state index contributed by atoms with van der Waals surface area (Å²) in [6.45, 7) is 4.14. The zero-order valence-electron chi connectivity index (χ0n) is 13.7. The average Bonchev–Trinajstić information content (AvgIpc) is 2.98. The number of aromatic nitrogens is 1. The molecule has 0 radical (unpaired) electrons. The number of nitrogens with two attached hydrogens (primary N) is 1. The minimum Gasteiger partial charge on any atom is -0.483 e. The van der Waals surface area contributed by atoms with Gasteiger partial charge in [-0.25, -0.2) is 4.98 Å². The first-order valence-corrected chi connectivity index (χ1v) is 8.61. The van der Waals surface area contributed by atoms with Crippen LogP contribution < -0.4 is 15.8 Å². The fourth-order valence-corrected chi connectivity index (χ4v) is 2.89. The van der Waals surface area contributed by atoms with Crippen LogP contribution in [0.3, 0.4) is 0 Å². The second kappa shape index (κ2) is 8.44. The number of nitrogens with zero attached hydrogens (tertiary/aromatic N) is 1. The van der Waals surface area contributed by atoms with Crippen LogP contribution in [0.5, 0.6) is 5.75 Å². The molecule has 0 spiro atoms. The molecule has 0 aliphatic rings. The van der Waals surface area contributed by atoms with Crippen LogP contribution >= 0.6 is 11.3 Å². The third-order valence-electron chi connectivity index (χ3n) is 3.57. The number of ether oxygens (including phenoxy) is 1. The number of nitrogens with one attached hydrogen (secondary N) is 1. The number of rotatable bonds is 8. The normalized spacial score (nSPS) is 11.8. The summed E-state index contributed by atoms with van der Waals surface area (Å²) in [4.78, 5) is 27.0. The van der Waals surface area contributed by atoms with Crippen molar-refractivity contribution in [1.29, 1.82) is 0 Å². The van der Waals surface area contributed by atoms with Gasteiger partial charge in [0, 0.05) is 5.38 Å². The van der Waals surface area contributed by atoms with Gasteiger partial charge in [0.25, 0.3) is 5.91 Å². The summed E-state index contributed by atoms with van der Waals surface area (Å²) in [7, 11) is 0. The molecule has 0 unspecified atom stereocenters. The number of carbonyl (C=O) groups excluding carboxylic acids is 2. The molecular weight excluding hydrogens is 326 g/mol. The molecule has 24 heavy (non-hydrogen) atoms. The topological polar surface area (TPSA) is 94.3 Å². The molecule has 3 N–H and O–H groups in total. The van der Waals surface area contributed by atoms with Crippen LogP contribution in [0.4, 0.5) is 5.13 Å². The molecule has 0 saturated heterocycles. The predicted octanol–water partition coefficient (Wildman–Crippen LogP) is 2.70. The zero-order valence-corrected chi connectivity index (χ0v) is 14.6. The summed E-state index contributed by atoms with van der Waals surface area (Å²) >= 11 is 1.25. The van der Waals surface area contributed by atoms with Crippen molar-refractivity contribution in [3.63, 3.8) is 0 Å². The molecule has 2 rings (SSSR count). The van der Waals surface area contributed by atoms with Gasteiger partial charge in [-0.2, -0.15) is 0 Å². The lowest BCUT2D eigenvalue weighted by molar-refractivity contribution is -0.118. The number of para-hydroxylation sites is 1. The lowest BCUT2D eigenvalue weighted by atomic mass is 9.98. The second-order valence-corrected chi connectivity index (χ2v) is 6.33. The van der Waals surface area contributed by atoms with Gasteiger partial charge in [0.1, 0.15) is 5.75 Å². The summed E-state index contributed by atoms with van der Waals surface area (Å²) in [5, 5.41) is 4.78. The van der Waals surface area contributed by atoms with E-state index in [0.717, 1.165) is 17.7 Å². The van der Waals surface area contributed by atoms with Crippen molar-refractivity contribution in [2.45, 2.75) is 32.6 Å². The van der Waals surface area contributed by atoms with Crippen LogP contribution in [0.1, 0.15) is 37.4 Å². The van der Waals surface area contributed by atoms with Crippen molar-refractivity contribution in [2.24, 2.45) is 5.73 Å². The number of benzene rings is 1. The van der Waals surface area contributed by atoms with E-state index in [-0.39, 0.29) is 18.9 Å². The van der Waals surface area contributed by atoms with E-state index in [1.54, 1.807) is 5.38 Å². The monoisotopic (exact) mass is 347 g/mol. The number of anilines is 1. The van der Waals surface area contributed by atoms with Crippen LogP contribution in [0.25, 0.3) is 0 Å². The number of thiazole rings is 1. The highest BCUT2D eigenvalue weighted by Crippen LogP contribution is 2.28. The second-order valence-electron chi connectivity index (χ2n) is 5.47. The van der Waals surface area contributed by atoms with Crippen LogP contribution in [0, 0.1) is 0 Å². The van der Waals surface area contributed by atoms with Gasteiger partial charge >= 0.3 is 0 Å². The lowest BCUT2D eigenvalue weighted by Crippen LogP contribution is -2.20. The molecule has 2 amide bonds. The highest BCUT2D eigenvalue weighted by Gasteiger charge is 2.12. The maximum Gasteiger partial charge on any atom is 0.264 e. The van der Waals surface area contributed by atoms with Crippen LogP contribution in [0.15, 0.2) is 29.6 Å². The van der Waals surface area contributed by atoms with Crippen LogP contribution in [-0.2, 0) is 16.0 Å². The Morgan fingerprint density at radius 3 is 2.83 bits per heavy atom. The Balaban J connectivity index is 1.92. The molecule has 0 saturated carbocycles. The molecule has 1 atom stereocenters. The minimum atomic E-state index is -0.455. The fraction of sp³-hybridized carbons (Fsp3) is 0.353. The molecule has 0 fully saturated rings. The molecule has 0 aliphatic heterocycles. The number of hydrogen-bond acceptors (Lipinski definition) is 5.